The van der Waals surface area contributed by atoms with E-state index in [-0.39, 0.29) is 28.8 Å². The summed E-state index contributed by atoms with van der Waals surface area (Å²) in [7, 11) is 0. The van der Waals surface area contributed by atoms with Gasteiger partial charge in [-0.05, 0) is 80.6 Å². The number of carbonyl (C=O) groups excluding carboxylic acids is 2. The van der Waals surface area contributed by atoms with Gasteiger partial charge in [-0.15, -0.1) is 0 Å². The Kier molecular flexibility index (Phi) is 2.99. The normalized spacial score (nSPS) is 54.3. The van der Waals surface area contributed by atoms with Crippen LogP contribution in [0.25, 0.3) is 0 Å². The summed E-state index contributed by atoms with van der Waals surface area (Å²) >= 11 is 0. The third-order valence-corrected chi connectivity index (χ3v) is 8.74. The molecule has 0 aromatic rings. The highest BCUT2D eigenvalue weighted by Gasteiger charge is 2.66. The Bertz CT molecular complexity index is 757. The Morgan fingerprint density at radius 3 is 2.64 bits per heavy atom. The van der Waals surface area contributed by atoms with Crippen molar-refractivity contribution in [3.63, 3.8) is 0 Å². The van der Waals surface area contributed by atoms with Gasteiger partial charge in [0.2, 0.25) is 0 Å². The quantitative estimate of drug-likeness (QED) is 0.777. The standard InChI is InChI=1S/C22H32O3/c1-13-11-16-17(20(3)8-5-15(24)12-19(13)20)6-9-21(4)18(16)7-10-22(21,25)14(2)23/h12-13,16-18,25H,5-11H2,1-4H3/i1D3. The molecule has 3 fully saturated rings. The molecule has 0 spiro atoms. The summed E-state index contributed by atoms with van der Waals surface area (Å²) in [6, 6.07) is 0. The summed E-state index contributed by atoms with van der Waals surface area (Å²) in [5.41, 5.74) is -1.21. The summed E-state index contributed by atoms with van der Waals surface area (Å²) in [6.45, 7) is 3.56. The lowest BCUT2D eigenvalue weighted by Crippen LogP contribution is -2.57. The smallest absolute Gasteiger partial charge is 0.161 e. The molecule has 0 aromatic heterocycles. The van der Waals surface area contributed by atoms with Gasteiger partial charge in [-0.2, -0.15) is 0 Å². The number of aliphatic hydroxyl groups is 1. The van der Waals surface area contributed by atoms with Crippen LogP contribution in [0.1, 0.15) is 76.7 Å². The molecule has 7 atom stereocenters. The zero-order valence-electron chi connectivity index (χ0n) is 18.6. The maximum Gasteiger partial charge on any atom is 0.161 e. The van der Waals surface area contributed by atoms with Gasteiger partial charge >= 0.3 is 0 Å². The number of ketones is 2. The van der Waals surface area contributed by atoms with Crippen LogP contribution >= 0.6 is 0 Å². The van der Waals surface area contributed by atoms with E-state index in [9.17, 15) is 14.7 Å². The van der Waals surface area contributed by atoms with Crippen molar-refractivity contribution in [3.05, 3.63) is 11.6 Å². The second kappa shape index (κ2) is 5.28. The van der Waals surface area contributed by atoms with E-state index < -0.39 is 23.8 Å². The van der Waals surface area contributed by atoms with Gasteiger partial charge in [0.05, 0.1) is 0 Å². The Balaban J connectivity index is 1.79. The molecule has 1 N–H and O–H groups in total. The van der Waals surface area contributed by atoms with Gasteiger partial charge in [0, 0.05) is 15.9 Å². The van der Waals surface area contributed by atoms with E-state index in [0.717, 1.165) is 24.8 Å². The van der Waals surface area contributed by atoms with E-state index in [1.54, 1.807) is 6.08 Å². The van der Waals surface area contributed by atoms with Crippen LogP contribution in [0.4, 0.5) is 0 Å². The van der Waals surface area contributed by atoms with E-state index >= 15 is 0 Å². The Morgan fingerprint density at radius 2 is 1.96 bits per heavy atom. The molecule has 0 heterocycles. The van der Waals surface area contributed by atoms with Gasteiger partial charge in [-0.1, -0.05) is 26.3 Å². The maximum atomic E-state index is 12.4. The average Bonchev–Trinajstić information content (AvgIpc) is 2.87. The van der Waals surface area contributed by atoms with Crippen molar-refractivity contribution in [2.75, 3.05) is 0 Å². The summed E-state index contributed by atoms with van der Waals surface area (Å²) in [5, 5.41) is 11.3. The van der Waals surface area contributed by atoms with E-state index in [1.165, 1.54) is 6.92 Å². The third-order valence-electron chi connectivity index (χ3n) is 8.74. The van der Waals surface area contributed by atoms with E-state index in [4.69, 9.17) is 4.11 Å². The fraction of sp³-hybridized carbons (Fsp3) is 0.818. The Morgan fingerprint density at radius 1 is 1.24 bits per heavy atom. The molecule has 0 amide bonds. The van der Waals surface area contributed by atoms with E-state index in [1.807, 2.05) is 6.92 Å². The van der Waals surface area contributed by atoms with Crippen LogP contribution in [0, 0.1) is 34.5 Å². The van der Waals surface area contributed by atoms with Crippen molar-refractivity contribution in [1.82, 2.24) is 0 Å². The summed E-state index contributed by atoms with van der Waals surface area (Å²) in [6.07, 6.45) is 6.28. The highest BCUT2D eigenvalue weighted by molar-refractivity contribution is 5.91. The summed E-state index contributed by atoms with van der Waals surface area (Å²) in [4.78, 5) is 24.5. The molecule has 4 rings (SSSR count). The fourth-order valence-corrected chi connectivity index (χ4v) is 7.24. The van der Waals surface area contributed by atoms with Crippen molar-refractivity contribution in [2.24, 2.45) is 34.5 Å². The SMILES string of the molecule is [2H]C([2H])([2H])C1CC2C(CCC3(C)C2CCC3(O)C(C)=O)C2(C)CCC(=O)C=C12. The lowest BCUT2D eigenvalue weighted by Gasteiger charge is -2.60. The average molecular weight is 348 g/mol. The fourth-order valence-electron chi connectivity index (χ4n) is 7.24. The van der Waals surface area contributed by atoms with Gasteiger partial charge in [0.1, 0.15) is 5.60 Å². The van der Waals surface area contributed by atoms with Gasteiger partial charge in [-0.25, -0.2) is 0 Å². The Labute approximate surface area is 155 Å². The number of rotatable bonds is 1. The number of carbonyl (C=O) groups is 2. The maximum absolute atomic E-state index is 12.4. The van der Waals surface area contributed by atoms with Gasteiger partial charge in [-0.3, -0.25) is 9.59 Å². The molecule has 7 unspecified atom stereocenters. The molecule has 25 heavy (non-hydrogen) atoms. The lowest BCUT2D eigenvalue weighted by atomic mass is 9.45. The number of fused-ring (bicyclic) bond motifs is 5. The van der Waals surface area contributed by atoms with Crippen LogP contribution in [-0.4, -0.2) is 22.3 Å². The highest BCUT2D eigenvalue weighted by Crippen LogP contribution is 2.68. The first kappa shape index (κ1) is 14.1. The summed E-state index contributed by atoms with van der Waals surface area (Å²) in [5.74, 6) is -0.0649. The van der Waals surface area contributed by atoms with Crippen molar-refractivity contribution in [2.45, 2.75) is 78.2 Å². The zero-order valence-corrected chi connectivity index (χ0v) is 15.6. The second-order valence-corrected chi connectivity index (χ2v) is 9.56. The largest absolute Gasteiger partial charge is 0.382 e. The first-order valence-corrected chi connectivity index (χ1v) is 9.83. The van der Waals surface area contributed by atoms with Crippen molar-refractivity contribution < 1.29 is 18.8 Å². The second-order valence-electron chi connectivity index (χ2n) is 9.56. The third kappa shape index (κ3) is 2.08. The van der Waals surface area contributed by atoms with Gasteiger partial charge in [0.15, 0.2) is 11.6 Å². The van der Waals surface area contributed by atoms with Crippen LogP contribution < -0.4 is 0 Å². The van der Waals surface area contributed by atoms with Crippen LogP contribution in [0.15, 0.2) is 11.6 Å². The van der Waals surface area contributed by atoms with Crippen molar-refractivity contribution in [1.29, 1.82) is 0 Å². The zero-order chi connectivity index (χ0) is 20.7. The van der Waals surface area contributed by atoms with Crippen LogP contribution in [-0.2, 0) is 9.59 Å². The molecule has 0 bridgehead atoms. The first-order valence-electron chi connectivity index (χ1n) is 11.3. The van der Waals surface area contributed by atoms with Crippen LogP contribution in [0.3, 0.4) is 0 Å². The molecule has 0 aliphatic heterocycles. The molecule has 4 aliphatic carbocycles. The van der Waals surface area contributed by atoms with Gasteiger partial charge in [0.25, 0.3) is 0 Å². The topological polar surface area (TPSA) is 54.4 Å². The molecule has 3 heteroatoms. The molecule has 4 aliphatic rings. The minimum atomic E-state index is -2.14. The molecular weight excluding hydrogens is 312 g/mol. The molecule has 138 valence electrons. The highest BCUT2D eigenvalue weighted by atomic mass is 16.3. The number of Topliss-reactive ketones (excluding diaryl/α,β-unsaturated/α-hetero) is 1. The predicted molar refractivity (Wildman–Crippen MR) is 96.9 cm³/mol. The van der Waals surface area contributed by atoms with E-state index in [0.29, 0.717) is 31.6 Å². The monoisotopic (exact) mass is 347 g/mol. The predicted octanol–water partition coefficient (Wildman–Crippen LogP) is 4.08. The van der Waals surface area contributed by atoms with Crippen LogP contribution in [0.5, 0.6) is 0 Å². The Hall–Kier alpha value is -0.960. The number of hydrogen-bond acceptors (Lipinski definition) is 3. The number of allylic oxidation sites excluding steroid dienone is 1. The lowest BCUT2D eigenvalue weighted by molar-refractivity contribution is -0.161. The molecular formula is C22H32O3. The van der Waals surface area contributed by atoms with Crippen molar-refractivity contribution in [3.8, 4) is 0 Å². The van der Waals surface area contributed by atoms with Gasteiger partial charge < -0.3 is 5.11 Å². The minimum absolute atomic E-state index is 0.0487. The van der Waals surface area contributed by atoms with Crippen molar-refractivity contribution >= 4 is 11.6 Å². The molecule has 0 aromatic carbocycles. The summed E-state index contributed by atoms with van der Waals surface area (Å²) < 4.78 is 24.5. The molecule has 3 saturated carbocycles. The first-order chi connectivity index (χ1) is 12.8. The number of hydrogen-bond donors (Lipinski definition) is 1. The molecule has 3 nitrogen and oxygen atoms in total. The molecule has 0 saturated heterocycles. The molecule has 0 radical (unpaired) electrons. The minimum Gasteiger partial charge on any atom is -0.382 e. The van der Waals surface area contributed by atoms with Crippen LogP contribution in [0.2, 0.25) is 0 Å². The van der Waals surface area contributed by atoms with E-state index in [2.05, 4.69) is 6.92 Å².